The number of benzene rings is 2. The zero-order valence-corrected chi connectivity index (χ0v) is 17.6. The molecule has 2 aromatic rings. The van der Waals surface area contributed by atoms with Crippen molar-refractivity contribution in [2.45, 2.75) is 13.3 Å². The number of rotatable bonds is 5. The first-order chi connectivity index (χ1) is 15.8. The van der Waals surface area contributed by atoms with Crippen LogP contribution in [0.5, 0.6) is 0 Å². The van der Waals surface area contributed by atoms with Crippen LogP contribution in [0.15, 0.2) is 72.2 Å². The van der Waals surface area contributed by atoms with Gasteiger partial charge in [-0.15, -0.1) is 0 Å². The number of nitrogens with one attached hydrogen (secondary N) is 2. The number of hydroxylamine groups is 3. The Morgan fingerprint density at radius 3 is 2.58 bits per heavy atom. The minimum Gasteiger partial charge on any atom is -0.618 e. The predicted octanol–water partition coefficient (Wildman–Crippen LogP) is 3.86. The molecule has 0 radical (unpaired) electrons. The zero-order chi connectivity index (χ0) is 23.8. The number of quaternary nitrogens is 1. The van der Waals surface area contributed by atoms with E-state index in [2.05, 4.69) is 5.43 Å². The number of carbonyl (C=O) groups is 1. The number of hydrogen-bond acceptors (Lipinski definition) is 8. The summed E-state index contributed by atoms with van der Waals surface area (Å²) in [5.41, 5.74) is 4.07. The van der Waals surface area contributed by atoms with Gasteiger partial charge in [0.25, 0.3) is 5.69 Å². The third kappa shape index (κ3) is 3.49. The molecule has 1 fully saturated rings. The Kier molecular flexibility index (Phi) is 5.39. The van der Waals surface area contributed by atoms with Gasteiger partial charge >= 0.3 is 6.03 Å². The fourth-order valence-electron chi connectivity index (χ4n) is 3.86. The van der Waals surface area contributed by atoms with E-state index in [4.69, 9.17) is 10.7 Å². The van der Waals surface area contributed by atoms with Gasteiger partial charge in [0.1, 0.15) is 5.70 Å². The Morgan fingerprint density at radius 1 is 1.21 bits per heavy atom. The summed E-state index contributed by atoms with van der Waals surface area (Å²) in [5, 5.41) is 44.5. The van der Waals surface area contributed by atoms with E-state index in [1.165, 1.54) is 18.2 Å². The number of nitro benzene ring substituents is 1. The number of nitrogens with zero attached hydrogens (tertiary/aromatic N) is 5. The van der Waals surface area contributed by atoms with Gasteiger partial charge in [0.2, 0.25) is 11.5 Å². The van der Waals surface area contributed by atoms with Crippen molar-refractivity contribution in [1.29, 1.82) is 10.7 Å². The van der Waals surface area contributed by atoms with Crippen LogP contribution in [0.25, 0.3) is 0 Å². The number of hydrazine groups is 1. The van der Waals surface area contributed by atoms with Crippen LogP contribution in [-0.2, 0) is 0 Å². The predicted molar refractivity (Wildman–Crippen MR) is 120 cm³/mol. The molecule has 2 N–H and O–H groups in total. The zero-order valence-electron chi connectivity index (χ0n) is 17.6. The first-order valence-electron chi connectivity index (χ1n) is 10.1. The van der Waals surface area contributed by atoms with E-state index < -0.39 is 15.6 Å². The van der Waals surface area contributed by atoms with Gasteiger partial charge in [-0.1, -0.05) is 13.0 Å². The molecular formula is C22H19N7O4. The minimum atomic E-state index is -1.41. The Morgan fingerprint density at radius 2 is 1.94 bits per heavy atom. The second kappa shape index (κ2) is 8.19. The average Bonchev–Trinajstić information content (AvgIpc) is 3.35. The van der Waals surface area contributed by atoms with E-state index in [-0.39, 0.29) is 29.5 Å². The monoisotopic (exact) mass is 445 g/mol. The summed E-state index contributed by atoms with van der Waals surface area (Å²) in [6.45, 7) is 1.65. The number of carbonyl (C=O) groups excluding carboxylic acids is 1. The van der Waals surface area contributed by atoms with Gasteiger partial charge in [0.05, 0.1) is 34.5 Å². The van der Waals surface area contributed by atoms with Crippen LogP contribution in [0, 0.1) is 32.1 Å². The number of allylic oxidation sites excluding steroid dienone is 1. The molecule has 0 aliphatic carbocycles. The number of nitriles is 1. The van der Waals surface area contributed by atoms with Crippen molar-refractivity contribution in [3.8, 4) is 6.07 Å². The highest BCUT2D eigenvalue weighted by molar-refractivity contribution is 6.25. The summed E-state index contributed by atoms with van der Waals surface area (Å²) in [6.07, 6.45) is 3.54. The van der Waals surface area contributed by atoms with E-state index in [0.717, 1.165) is 11.0 Å². The third-order valence-corrected chi connectivity index (χ3v) is 5.33. The smallest absolute Gasteiger partial charge is 0.434 e. The van der Waals surface area contributed by atoms with Crippen LogP contribution >= 0.6 is 0 Å². The van der Waals surface area contributed by atoms with Gasteiger partial charge in [0.15, 0.2) is 0 Å². The molecule has 0 aromatic heterocycles. The van der Waals surface area contributed by atoms with Crippen molar-refractivity contribution in [3.05, 3.63) is 93.1 Å². The Bertz CT molecular complexity index is 1260. The molecule has 1 atom stereocenters. The minimum absolute atomic E-state index is 0.0733. The summed E-state index contributed by atoms with van der Waals surface area (Å²) >= 11 is 0. The number of amides is 2. The van der Waals surface area contributed by atoms with E-state index >= 15 is 0 Å². The van der Waals surface area contributed by atoms with Crippen molar-refractivity contribution < 1.29 is 14.4 Å². The standard InChI is InChI=1S/C22H19N7O4/c1-2-12-29(33)20(19-10-11-25-27(19)16-8-6-15(14-23)7-9-16)21(24)26(22(29)30)17-4-3-5-18(13-17)28(31)32/h3-11,13,24-25H,2,12H2,1H3. The third-order valence-electron chi connectivity index (χ3n) is 5.33. The molecule has 2 aromatic carbocycles. The van der Waals surface area contributed by atoms with E-state index in [1.54, 1.807) is 48.5 Å². The molecule has 0 bridgehead atoms. The van der Waals surface area contributed by atoms with Crippen LogP contribution in [0.3, 0.4) is 0 Å². The molecule has 11 nitrogen and oxygen atoms in total. The quantitative estimate of drug-likeness (QED) is 0.307. The molecule has 166 valence electrons. The highest BCUT2D eigenvalue weighted by atomic mass is 16.6. The van der Waals surface area contributed by atoms with Gasteiger partial charge in [0, 0.05) is 18.3 Å². The maximum atomic E-state index is 13.9. The maximum absolute atomic E-state index is 13.9. The lowest BCUT2D eigenvalue weighted by Gasteiger charge is -2.35. The van der Waals surface area contributed by atoms with E-state index in [9.17, 15) is 20.1 Å². The lowest BCUT2D eigenvalue weighted by atomic mass is 10.2. The SMILES string of the molecule is CCC[N+]1([O-])C(=O)N(c2cccc([N+](=O)[O-])c2)C(=N)C1=C1C=CNN1c1ccc(C#N)cc1. The second-order valence-corrected chi connectivity index (χ2v) is 7.40. The lowest BCUT2D eigenvalue weighted by Crippen LogP contribution is -2.46. The first kappa shape index (κ1) is 21.7. The van der Waals surface area contributed by atoms with Gasteiger partial charge in [-0.25, -0.2) is 14.3 Å². The van der Waals surface area contributed by atoms with Crippen molar-refractivity contribution >= 4 is 28.9 Å². The molecule has 0 saturated carbocycles. The number of urea groups is 1. The van der Waals surface area contributed by atoms with Crippen molar-refractivity contribution in [3.63, 3.8) is 0 Å². The van der Waals surface area contributed by atoms with Crippen LogP contribution < -0.4 is 15.3 Å². The molecule has 1 saturated heterocycles. The molecule has 0 spiro atoms. The first-order valence-corrected chi connectivity index (χ1v) is 10.1. The summed E-state index contributed by atoms with van der Waals surface area (Å²) in [5.74, 6) is -0.356. The van der Waals surface area contributed by atoms with E-state index in [0.29, 0.717) is 23.4 Å². The van der Waals surface area contributed by atoms with Crippen molar-refractivity contribution in [2.24, 2.45) is 0 Å². The lowest BCUT2D eigenvalue weighted by molar-refractivity contribution is -0.747. The topological polar surface area (TPSA) is 149 Å². The summed E-state index contributed by atoms with van der Waals surface area (Å²) in [4.78, 5) is 24.9. The average molecular weight is 445 g/mol. The molecule has 2 aliphatic rings. The molecule has 1 unspecified atom stereocenters. The van der Waals surface area contributed by atoms with Crippen LogP contribution in [0.1, 0.15) is 18.9 Å². The van der Waals surface area contributed by atoms with Gasteiger partial charge < -0.3 is 10.6 Å². The van der Waals surface area contributed by atoms with Crippen molar-refractivity contribution in [2.75, 3.05) is 16.5 Å². The summed E-state index contributed by atoms with van der Waals surface area (Å²) in [6, 6.07) is 13.0. The normalized spacial score (nSPS) is 22.0. The van der Waals surface area contributed by atoms with Crippen LogP contribution in [0.2, 0.25) is 0 Å². The Labute approximate surface area is 188 Å². The fourth-order valence-corrected chi connectivity index (χ4v) is 3.86. The fraction of sp³-hybridized carbons (Fsp3) is 0.136. The number of amidine groups is 1. The molecule has 4 rings (SSSR count). The van der Waals surface area contributed by atoms with Crippen molar-refractivity contribution in [1.82, 2.24) is 5.43 Å². The number of non-ortho nitro benzene ring substituents is 1. The molecule has 2 aliphatic heterocycles. The molecule has 33 heavy (non-hydrogen) atoms. The Hall–Kier alpha value is -4.53. The summed E-state index contributed by atoms with van der Waals surface area (Å²) in [7, 11) is 0. The molecule has 2 heterocycles. The number of anilines is 2. The number of nitro groups is 1. The Balaban J connectivity index is 1.86. The highest BCUT2D eigenvalue weighted by Crippen LogP contribution is 2.39. The second-order valence-electron chi connectivity index (χ2n) is 7.40. The number of hydrogen-bond donors (Lipinski definition) is 2. The van der Waals surface area contributed by atoms with Gasteiger partial charge in [-0.3, -0.25) is 20.5 Å². The molecule has 11 heteroatoms. The van der Waals surface area contributed by atoms with Crippen LogP contribution in [0.4, 0.5) is 21.9 Å². The molecular weight excluding hydrogens is 426 g/mol. The largest absolute Gasteiger partial charge is 0.618 e. The summed E-state index contributed by atoms with van der Waals surface area (Å²) < 4.78 is -1.41. The highest BCUT2D eigenvalue weighted by Gasteiger charge is 2.53. The molecule has 2 amide bonds. The van der Waals surface area contributed by atoms with Crippen LogP contribution in [-0.4, -0.2) is 28.0 Å². The maximum Gasteiger partial charge on any atom is 0.434 e. The van der Waals surface area contributed by atoms with Gasteiger partial charge in [-0.05, 0) is 42.8 Å². The van der Waals surface area contributed by atoms with Gasteiger partial charge in [-0.2, -0.15) is 5.26 Å². The van der Waals surface area contributed by atoms with E-state index in [1.807, 2.05) is 6.07 Å².